The van der Waals surface area contributed by atoms with Gasteiger partial charge in [-0.15, -0.1) is 0 Å². The van der Waals surface area contributed by atoms with Gasteiger partial charge < -0.3 is 15.0 Å². The highest BCUT2D eigenvalue weighted by atomic mass is 16.5. The monoisotopic (exact) mass is 254 g/mol. The number of nitrogens with zero attached hydrogens (tertiary/aromatic N) is 1. The Morgan fingerprint density at radius 3 is 2.72 bits per heavy atom. The minimum absolute atomic E-state index is 0.679. The Bertz CT molecular complexity index is 227. The second-order valence-electron chi connectivity index (χ2n) is 6.17. The third-order valence-electron chi connectivity index (χ3n) is 4.50. The van der Waals surface area contributed by atoms with E-state index in [1.165, 1.54) is 45.3 Å². The molecule has 18 heavy (non-hydrogen) atoms. The quantitative estimate of drug-likeness (QED) is 0.813. The average molecular weight is 254 g/mol. The van der Waals surface area contributed by atoms with Crippen molar-refractivity contribution < 1.29 is 4.74 Å². The van der Waals surface area contributed by atoms with Crippen molar-refractivity contribution in [2.45, 2.75) is 45.6 Å². The Hall–Kier alpha value is -0.120. The van der Waals surface area contributed by atoms with E-state index in [1.807, 2.05) is 0 Å². The first-order chi connectivity index (χ1) is 8.79. The van der Waals surface area contributed by atoms with Crippen LogP contribution in [0.2, 0.25) is 0 Å². The van der Waals surface area contributed by atoms with Crippen molar-refractivity contribution in [3.63, 3.8) is 0 Å². The summed E-state index contributed by atoms with van der Waals surface area (Å²) in [7, 11) is 0. The van der Waals surface area contributed by atoms with Gasteiger partial charge in [-0.1, -0.05) is 13.8 Å². The van der Waals surface area contributed by atoms with Crippen LogP contribution in [-0.2, 0) is 4.74 Å². The van der Waals surface area contributed by atoms with E-state index in [0.717, 1.165) is 25.7 Å². The molecule has 0 aliphatic carbocycles. The molecule has 0 aromatic heterocycles. The van der Waals surface area contributed by atoms with E-state index in [0.29, 0.717) is 12.0 Å². The Morgan fingerprint density at radius 2 is 2.00 bits per heavy atom. The molecule has 2 saturated heterocycles. The van der Waals surface area contributed by atoms with E-state index >= 15 is 0 Å². The minimum atomic E-state index is 0.679. The van der Waals surface area contributed by atoms with Gasteiger partial charge in [0.25, 0.3) is 0 Å². The lowest BCUT2D eigenvalue weighted by Gasteiger charge is -2.38. The molecule has 0 aromatic carbocycles. The van der Waals surface area contributed by atoms with Gasteiger partial charge in [-0.25, -0.2) is 0 Å². The van der Waals surface area contributed by atoms with Crippen molar-refractivity contribution in [1.82, 2.24) is 10.2 Å². The highest BCUT2D eigenvalue weighted by Gasteiger charge is 2.28. The fraction of sp³-hybridized carbons (Fsp3) is 1.00. The molecule has 2 heterocycles. The van der Waals surface area contributed by atoms with Crippen molar-refractivity contribution in [2.24, 2.45) is 11.8 Å². The summed E-state index contributed by atoms with van der Waals surface area (Å²) in [6.07, 6.45) is 5.17. The summed E-state index contributed by atoms with van der Waals surface area (Å²) < 4.78 is 5.69. The lowest BCUT2D eigenvalue weighted by Crippen LogP contribution is -2.49. The van der Waals surface area contributed by atoms with Crippen LogP contribution >= 0.6 is 0 Å². The van der Waals surface area contributed by atoms with Crippen LogP contribution in [0.5, 0.6) is 0 Å². The zero-order valence-corrected chi connectivity index (χ0v) is 12.2. The molecule has 1 N–H and O–H groups in total. The Morgan fingerprint density at radius 1 is 1.22 bits per heavy atom. The standard InChI is InChI=1S/C15H30N2O/c1-3-7-16-15-6-10-18-12-14(15)11-17-8-4-13(2)5-9-17/h13-16H,3-12H2,1-2H3. The minimum Gasteiger partial charge on any atom is -0.381 e. The normalized spacial score (nSPS) is 31.7. The van der Waals surface area contributed by atoms with Crippen molar-refractivity contribution in [1.29, 1.82) is 0 Å². The van der Waals surface area contributed by atoms with Gasteiger partial charge >= 0.3 is 0 Å². The van der Waals surface area contributed by atoms with Gasteiger partial charge in [0, 0.05) is 25.1 Å². The van der Waals surface area contributed by atoms with Crippen LogP contribution in [0.1, 0.15) is 39.5 Å². The number of nitrogens with one attached hydrogen (secondary N) is 1. The second-order valence-corrected chi connectivity index (χ2v) is 6.17. The van der Waals surface area contributed by atoms with Gasteiger partial charge in [-0.2, -0.15) is 0 Å². The summed E-state index contributed by atoms with van der Waals surface area (Å²) in [4.78, 5) is 2.65. The van der Waals surface area contributed by atoms with Crippen molar-refractivity contribution >= 4 is 0 Å². The second kappa shape index (κ2) is 7.46. The molecule has 2 fully saturated rings. The molecule has 0 saturated carbocycles. The first-order valence-electron chi connectivity index (χ1n) is 7.83. The van der Waals surface area contributed by atoms with Gasteiger partial charge in [0.05, 0.1) is 6.61 Å². The lowest BCUT2D eigenvalue weighted by atomic mass is 9.92. The molecule has 0 bridgehead atoms. The molecule has 106 valence electrons. The highest BCUT2D eigenvalue weighted by Crippen LogP contribution is 2.21. The Labute approximate surface area is 112 Å². The third-order valence-corrected chi connectivity index (χ3v) is 4.50. The number of rotatable bonds is 5. The number of hydrogen-bond acceptors (Lipinski definition) is 3. The molecular weight excluding hydrogens is 224 g/mol. The number of ether oxygens (including phenoxy) is 1. The van der Waals surface area contributed by atoms with E-state index in [9.17, 15) is 0 Å². The Balaban J connectivity index is 1.77. The molecule has 0 amide bonds. The fourth-order valence-corrected chi connectivity index (χ4v) is 3.15. The number of hydrogen-bond donors (Lipinski definition) is 1. The zero-order valence-electron chi connectivity index (χ0n) is 12.2. The average Bonchev–Trinajstić information content (AvgIpc) is 2.40. The smallest absolute Gasteiger partial charge is 0.0521 e. The zero-order chi connectivity index (χ0) is 12.8. The maximum atomic E-state index is 5.69. The van der Waals surface area contributed by atoms with E-state index in [-0.39, 0.29) is 0 Å². The van der Waals surface area contributed by atoms with Gasteiger partial charge in [-0.3, -0.25) is 0 Å². The van der Waals surface area contributed by atoms with Gasteiger partial charge in [-0.05, 0) is 51.2 Å². The summed E-state index contributed by atoms with van der Waals surface area (Å²) >= 11 is 0. The molecule has 0 aromatic rings. The van der Waals surface area contributed by atoms with Crippen LogP contribution in [0.25, 0.3) is 0 Å². The van der Waals surface area contributed by atoms with Gasteiger partial charge in [0.2, 0.25) is 0 Å². The molecule has 2 aliphatic heterocycles. The molecule has 2 unspecified atom stereocenters. The molecule has 2 rings (SSSR count). The van der Waals surface area contributed by atoms with Crippen molar-refractivity contribution in [3.8, 4) is 0 Å². The molecule has 2 aliphatic rings. The molecular formula is C15H30N2O. The van der Waals surface area contributed by atoms with Crippen LogP contribution in [-0.4, -0.2) is 50.3 Å². The molecule has 2 atom stereocenters. The molecule has 3 nitrogen and oxygen atoms in total. The summed E-state index contributed by atoms with van der Waals surface area (Å²) in [5, 5.41) is 3.71. The van der Waals surface area contributed by atoms with Crippen LogP contribution in [0, 0.1) is 11.8 Å². The largest absolute Gasteiger partial charge is 0.381 e. The highest BCUT2D eigenvalue weighted by molar-refractivity contribution is 4.83. The van der Waals surface area contributed by atoms with Crippen molar-refractivity contribution in [2.75, 3.05) is 39.4 Å². The van der Waals surface area contributed by atoms with E-state index < -0.39 is 0 Å². The number of likely N-dealkylation sites (tertiary alicyclic amines) is 1. The van der Waals surface area contributed by atoms with E-state index in [1.54, 1.807) is 0 Å². The van der Waals surface area contributed by atoms with E-state index in [2.05, 4.69) is 24.1 Å². The van der Waals surface area contributed by atoms with Crippen LogP contribution < -0.4 is 5.32 Å². The first kappa shape index (κ1) is 14.3. The summed E-state index contributed by atoms with van der Waals surface area (Å²) in [5.41, 5.74) is 0. The predicted molar refractivity (Wildman–Crippen MR) is 75.8 cm³/mol. The van der Waals surface area contributed by atoms with Crippen LogP contribution in [0.4, 0.5) is 0 Å². The lowest BCUT2D eigenvalue weighted by molar-refractivity contribution is 0.0122. The Kier molecular flexibility index (Phi) is 5.93. The molecule has 0 radical (unpaired) electrons. The first-order valence-corrected chi connectivity index (χ1v) is 7.83. The fourth-order valence-electron chi connectivity index (χ4n) is 3.15. The molecule has 3 heteroatoms. The van der Waals surface area contributed by atoms with Gasteiger partial charge in [0.15, 0.2) is 0 Å². The summed E-state index contributed by atoms with van der Waals surface area (Å²) in [6.45, 7) is 11.5. The van der Waals surface area contributed by atoms with E-state index in [4.69, 9.17) is 4.74 Å². The SMILES string of the molecule is CCCNC1CCOCC1CN1CCC(C)CC1. The van der Waals surface area contributed by atoms with Gasteiger partial charge in [0.1, 0.15) is 0 Å². The topological polar surface area (TPSA) is 24.5 Å². The summed E-state index contributed by atoms with van der Waals surface area (Å²) in [5.74, 6) is 1.62. The third kappa shape index (κ3) is 4.22. The van der Waals surface area contributed by atoms with Crippen molar-refractivity contribution in [3.05, 3.63) is 0 Å². The number of piperidine rings is 1. The van der Waals surface area contributed by atoms with Crippen LogP contribution in [0.15, 0.2) is 0 Å². The predicted octanol–water partition coefficient (Wildman–Crippen LogP) is 2.12. The van der Waals surface area contributed by atoms with Crippen LogP contribution in [0.3, 0.4) is 0 Å². The molecule has 0 spiro atoms. The summed E-state index contributed by atoms with van der Waals surface area (Å²) in [6, 6.07) is 0.679. The maximum Gasteiger partial charge on any atom is 0.0521 e. The maximum absolute atomic E-state index is 5.69.